The number of allylic oxidation sites excluding steroid dienone is 1. The Labute approximate surface area is 90.9 Å². The summed E-state index contributed by atoms with van der Waals surface area (Å²) in [5.74, 6) is 0. The third-order valence-electron chi connectivity index (χ3n) is 2.18. The fourth-order valence-electron chi connectivity index (χ4n) is 1.24. The summed E-state index contributed by atoms with van der Waals surface area (Å²) in [4.78, 5) is 0. The molecule has 0 aromatic heterocycles. The second-order valence-electron chi connectivity index (χ2n) is 4.50. The van der Waals surface area contributed by atoms with Gasteiger partial charge in [0.2, 0.25) is 0 Å². The topological polar surface area (TPSA) is 32.6 Å². The van der Waals surface area contributed by atoms with Crippen LogP contribution in [0.4, 0.5) is 0 Å². The Balaban J connectivity index is 3.05. The normalized spacial score (nSPS) is 13.4. The minimum Gasteiger partial charge on any atom is -0.411 e. The van der Waals surface area contributed by atoms with Gasteiger partial charge in [-0.25, -0.2) is 0 Å². The molecule has 0 atom stereocenters. The van der Waals surface area contributed by atoms with Crippen molar-refractivity contribution in [2.75, 3.05) is 0 Å². The molecule has 15 heavy (non-hydrogen) atoms. The summed E-state index contributed by atoms with van der Waals surface area (Å²) in [6, 6.07) is 10.0. The highest BCUT2D eigenvalue weighted by atomic mass is 16.4. The first-order chi connectivity index (χ1) is 7.04. The summed E-state index contributed by atoms with van der Waals surface area (Å²) in [6.07, 6.45) is 3.52. The third-order valence-corrected chi connectivity index (χ3v) is 2.18. The average Bonchev–Trinajstić information content (AvgIpc) is 2.17. The Morgan fingerprint density at radius 3 is 2.27 bits per heavy atom. The molecule has 2 heteroatoms. The van der Waals surface area contributed by atoms with Crippen molar-refractivity contribution in [3.05, 3.63) is 41.5 Å². The molecule has 0 bridgehead atoms. The number of rotatable bonds is 2. The lowest BCUT2D eigenvalue weighted by Crippen LogP contribution is -2.10. The van der Waals surface area contributed by atoms with E-state index in [2.05, 4.69) is 25.9 Å². The highest BCUT2D eigenvalue weighted by Gasteiger charge is 2.15. The van der Waals surface area contributed by atoms with Gasteiger partial charge in [-0.2, -0.15) is 0 Å². The van der Waals surface area contributed by atoms with Crippen molar-refractivity contribution < 1.29 is 5.21 Å². The zero-order chi connectivity index (χ0) is 11.3. The fourth-order valence-corrected chi connectivity index (χ4v) is 1.24. The molecule has 0 amide bonds. The first-order valence-electron chi connectivity index (χ1n) is 4.98. The Morgan fingerprint density at radius 1 is 1.20 bits per heavy atom. The number of benzene rings is 1. The maximum absolute atomic E-state index is 8.61. The quantitative estimate of drug-likeness (QED) is 0.445. The second-order valence-corrected chi connectivity index (χ2v) is 4.50. The Bertz CT molecular complexity index is 358. The third kappa shape index (κ3) is 3.58. The van der Waals surface area contributed by atoms with Crippen LogP contribution in [-0.2, 0) is 0 Å². The van der Waals surface area contributed by atoms with Gasteiger partial charge < -0.3 is 5.21 Å². The minimum absolute atomic E-state index is 0.0257. The van der Waals surface area contributed by atoms with E-state index in [-0.39, 0.29) is 5.41 Å². The molecule has 2 nitrogen and oxygen atoms in total. The van der Waals surface area contributed by atoms with E-state index in [0.29, 0.717) is 0 Å². The van der Waals surface area contributed by atoms with Gasteiger partial charge in [-0.3, -0.25) is 0 Å². The lowest BCUT2D eigenvalue weighted by molar-refractivity contribution is 0.320. The van der Waals surface area contributed by atoms with Crippen LogP contribution in [0.3, 0.4) is 0 Å². The van der Waals surface area contributed by atoms with Crippen molar-refractivity contribution in [1.82, 2.24) is 0 Å². The van der Waals surface area contributed by atoms with Crippen LogP contribution in [0.1, 0.15) is 26.3 Å². The van der Waals surface area contributed by atoms with Crippen LogP contribution in [0.5, 0.6) is 0 Å². The van der Waals surface area contributed by atoms with Crippen molar-refractivity contribution in [2.45, 2.75) is 20.8 Å². The number of hydrogen-bond donors (Lipinski definition) is 1. The van der Waals surface area contributed by atoms with Gasteiger partial charge in [0, 0.05) is 0 Å². The van der Waals surface area contributed by atoms with Gasteiger partial charge in [-0.15, -0.1) is 0 Å². The monoisotopic (exact) mass is 203 g/mol. The molecule has 80 valence electrons. The molecule has 0 saturated heterocycles. The van der Waals surface area contributed by atoms with Crippen molar-refractivity contribution in [2.24, 2.45) is 10.6 Å². The first kappa shape index (κ1) is 11.5. The Kier molecular flexibility index (Phi) is 3.67. The molecule has 0 aliphatic carbocycles. The molecule has 0 radical (unpaired) electrons. The van der Waals surface area contributed by atoms with Gasteiger partial charge in [0.25, 0.3) is 0 Å². The van der Waals surface area contributed by atoms with Crippen molar-refractivity contribution in [3.8, 4) is 0 Å². The highest BCUT2D eigenvalue weighted by molar-refractivity contribution is 5.86. The maximum Gasteiger partial charge on any atom is 0.0699 e. The predicted octanol–water partition coefficient (Wildman–Crippen LogP) is 3.58. The summed E-state index contributed by atoms with van der Waals surface area (Å²) < 4.78 is 0. The van der Waals surface area contributed by atoms with Gasteiger partial charge in [0.15, 0.2) is 0 Å². The summed E-state index contributed by atoms with van der Waals surface area (Å²) in [5.41, 5.74) is 2.08. The van der Waals surface area contributed by atoms with E-state index in [9.17, 15) is 0 Å². The molecule has 0 aliphatic rings. The Hall–Kier alpha value is -1.57. The van der Waals surface area contributed by atoms with E-state index >= 15 is 0 Å². The SMILES string of the molecule is CC(C)(C)C(C=NO)=Cc1ccccc1. The molecule has 0 spiro atoms. The first-order valence-corrected chi connectivity index (χ1v) is 4.98. The Morgan fingerprint density at radius 2 is 1.80 bits per heavy atom. The van der Waals surface area contributed by atoms with E-state index in [1.165, 1.54) is 6.21 Å². The molecule has 0 unspecified atom stereocenters. The van der Waals surface area contributed by atoms with Crippen LogP contribution < -0.4 is 0 Å². The highest BCUT2D eigenvalue weighted by Crippen LogP contribution is 2.25. The second kappa shape index (κ2) is 4.78. The molecular weight excluding hydrogens is 186 g/mol. The minimum atomic E-state index is -0.0257. The summed E-state index contributed by atoms with van der Waals surface area (Å²) in [6.45, 7) is 6.26. The van der Waals surface area contributed by atoms with Crippen LogP contribution in [-0.4, -0.2) is 11.4 Å². The number of oxime groups is 1. The predicted molar refractivity (Wildman–Crippen MR) is 64.2 cm³/mol. The molecule has 0 fully saturated rings. The molecule has 1 N–H and O–H groups in total. The molecule has 1 aromatic carbocycles. The van der Waals surface area contributed by atoms with Crippen molar-refractivity contribution >= 4 is 12.3 Å². The largest absolute Gasteiger partial charge is 0.411 e. The van der Waals surface area contributed by atoms with Gasteiger partial charge in [-0.05, 0) is 22.6 Å². The van der Waals surface area contributed by atoms with E-state index in [1.807, 2.05) is 36.4 Å². The lowest BCUT2D eigenvalue weighted by atomic mass is 9.86. The van der Waals surface area contributed by atoms with Crippen LogP contribution in [0.25, 0.3) is 6.08 Å². The molecule has 0 saturated carbocycles. The van der Waals surface area contributed by atoms with Gasteiger partial charge >= 0.3 is 0 Å². The zero-order valence-electron chi connectivity index (χ0n) is 9.44. The molecule has 1 rings (SSSR count). The van der Waals surface area contributed by atoms with E-state index in [0.717, 1.165) is 11.1 Å². The van der Waals surface area contributed by atoms with E-state index < -0.39 is 0 Å². The summed E-state index contributed by atoms with van der Waals surface area (Å²) in [7, 11) is 0. The van der Waals surface area contributed by atoms with Crippen LogP contribution in [0.2, 0.25) is 0 Å². The number of nitrogens with zero attached hydrogens (tertiary/aromatic N) is 1. The van der Waals surface area contributed by atoms with Crippen LogP contribution in [0, 0.1) is 5.41 Å². The molecular formula is C13H17NO. The maximum atomic E-state index is 8.61. The standard InChI is InChI=1S/C13H17NO/c1-13(2,3)12(10-14-15)9-11-7-5-4-6-8-11/h4-10,15H,1-3H3. The van der Waals surface area contributed by atoms with Gasteiger partial charge in [0.05, 0.1) is 6.21 Å². The average molecular weight is 203 g/mol. The number of hydrogen-bond acceptors (Lipinski definition) is 2. The van der Waals surface area contributed by atoms with Crippen molar-refractivity contribution in [1.29, 1.82) is 0 Å². The zero-order valence-corrected chi connectivity index (χ0v) is 9.44. The molecule has 1 aromatic rings. The van der Waals surface area contributed by atoms with E-state index in [4.69, 9.17) is 5.21 Å². The smallest absolute Gasteiger partial charge is 0.0699 e. The lowest BCUT2D eigenvalue weighted by Gasteiger charge is -2.19. The van der Waals surface area contributed by atoms with Gasteiger partial charge in [-0.1, -0.05) is 56.3 Å². The van der Waals surface area contributed by atoms with Crippen LogP contribution in [0.15, 0.2) is 41.1 Å². The van der Waals surface area contributed by atoms with Gasteiger partial charge in [0.1, 0.15) is 0 Å². The summed E-state index contributed by atoms with van der Waals surface area (Å²) in [5, 5.41) is 11.7. The van der Waals surface area contributed by atoms with E-state index in [1.54, 1.807) is 0 Å². The fraction of sp³-hybridized carbons (Fsp3) is 0.308. The van der Waals surface area contributed by atoms with Crippen LogP contribution >= 0.6 is 0 Å². The van der Waals surface area contributed by atoms with Crippen molar-refractivity contribution in [3.63, 3.8) is 0 Å². The molecule has 0 heterocycles. The summed E-state index contributed by atoms with van der Waals surface area (Å²) >= 11 is 0. The molecule has 0 aliphatic heterocycles.